The Kier molecular flexibility index (Phi) is 3.77. The normalized spacial score (nSPS) is 29.6. The molecule has 0 spiro atoms. The van der Waals surface area contributed by atoms with Gasteiger partial charge in [-0.1, -0.05) is 18.2 Å². The van der Waals surface area contributed by atoms with Crippen molar-refractivity contribution in [2.75, 3.05) is 0 Å². The fourth-order valence-corrected chi connectivity index (χ4v) is 1.87. The van der Waals surface area contributed by atoms with E-state index in [1.54, 1.807) is 0 Å². The molecule has 0 fully saturated rings. The predicted octanol–water partition coefficient (Wildman–Crippen LogP) is -0.448. The molecule has 0 amide bonds. The Labute approximate surface area is 86.1 Å². The fraction of sp³-hybridized carbons (Fsp3) is 0.286. The maximum atomic E-state index is 10.8. The summed E-state index contributed by atoms with van der Waals surface area (Å²) < 4.78 is 30.3. The molecule has 0 aromatic rings. The minimum absolute atomic E-state index is 0. The highest BCUT2D eigenvalue weighted by molar-refractivity contribution is 7.87. The molecular formula is C7H11NO6S. The lowest BCUT2D eigenvalue weighted by Crippen LogP contribution is -2.47. The van der Waals surface area contributed by atoms with Crippen LogP contribution in [0.5, 0.6) is 0 Å². The van der Waals surface area contributed by atoms with E-state index < -0.39 is 26.9 Å². The van der Waals surface area contributed by atoms with Gasteiger partial charge in [0.15, 0.2) is 0 Å². The molecule has 1 rings (SSSR count). The summed E-state index contributed by atoms with van der Waals surface area (Å²) in [6.07, 6.45) is 4.13. The number of aliphatic carboxylic acids is 1. The zero-order valence-corrected chi connectivity index (χ0v) is 8.38. The summed E-state index contributed by atoms with van der Waals surface area (Å²) in [5, 5.41) is 18.1. The van der Waals surface area contributed by atoms with Crippen molar-refractivity contribution in [2.45, 2.75) is 4.93 Å². The third kappa shape index (κ3) is 2.23. The molecule has 8 heteroatoms. The molecule has 1 aliphatic rings. The first-order valence-electron chi connectivity index (χ1n) is 3.57. The van der Waals surface area contributed by atoms with Gasteiger partial charge in [-0.15, -0.1) is 0 Å². The Morgan fingerprint density at radius 3 is 2.20 bits per heavy atom. The van der Waals surface area contributed by atoms with Crippen LogP contribution in [0.3, 0.4) is 0 Å². The van der Waals surface area contributed by atoms with Crippen LogP contribution < -0.4 is 6.15 Å². The van der Waals surface area contributed by atoms with E-state index in [-0.39, 0.29) is 6.15 Å². The van der Waals surface area contributed by atoms with Crippen molar-refractivity contribution in [2.24, 2.45) is 5.92 Å². The molecular weight excluding hydrogens is 226 g/mol. The Bertz CT molecular complexity index is 411. The smallest absolute Gasteiger partial charge is 0.314 e. The van der Waals surface area contributed by atoms with Crippen molar-refractivity contribution in [3.8, 4) is 0 Å². The van der Waals surface area contributed by atoms with Gasteiger partial charge < -0.3 is 16.4 Å². The molecule has 0 saturated carbocycles. The summed E-state index contributed by atoms with van der Waals surface area (Å²) in [5.74, 6) is -3.24. The predicted molar refractivity (Wildman–Crippen MR) is 50.9 cm³/mol. The topological polar surface area (TPSA) is 147 Å². The van der Waals surface area contributed by atoms with Gasteiger partial charge in [0.25, 0.3) is 10.1 Å². The van der Waals surface area contributed by atoms with E-state index in [2.05, 4.69) is 0 Å². The van der Waals surface area contributed by atoms with Crippen LogP contribution in [-0.2, 0) is 14.9 Å². The van der Waals surface area contributed by atoms with Gasteiger partial charge in [0.1, 0.15) is 5.92 Å². The van der Waals surface area contributed by atoms with Gasteiger partial charge in [-0.25, -0.2) is 0 Å². The zero-order valence-electron chi connectivity index (χ0n) is 7.57. The fourth-order valence-electron chi connectivity index (χ4n) is 1.12. The van der Waals surface area contributed by atoms with Crippen LogP contribution in [-0.4, -0.2) is 34.1 Å². The summed E-state index contributed by atoms with van der Waals surface area (Å²) in [7, 11) is -4.88. The van der Waals surface area contributed by atoms with Crippen molar-refractivity contribution in [1.29, 1.82) is 0 Å². The van der Waals surface area contributed by atoms with Crippen LogP contribution in [0.25, 0.3) is 0 Å². The van der Waals surface area contributed by atoms with E-state index in [0.29, 0.717) is 0 Å². The lowest BCUT2D eigenvalue weighted by atomic mass is 9.97. The molecule has 0 heterocycles. The monoisotopic (exact) mass is 237 g/mol. The Morgan fingerprint density at radius 2 is 1.87 bits per heavy atom. The molecule has 1 aliphatic carbocycles. The lowest BCUT2D eigenvalue weighted by Gasteiger charge is -2.27. The molecule has 0 radical (unpaired) electrons. The molecule has 86 valence electrons. The summed E-state index contributed by atoms with van der Waals surface area (Å²) >= 11 is 0. The quantitative estimate of drug-likeness (QED) is 0.475. The molecule has 0 aromatic heterocycles. The number of carboxylic acids is 1. The van der Waals surface area contributed by atoms with Crippen LogP contribution in [0.15, 0.2) is 24.3 Å². The minimum Gasteiger partial charge on any atom is -0.481 e. The van der Waals surface area contributed by atoms with Gasteiger partial charge in [0, 0.05) is 0 Å². The second kappa shape index (κ2) is 4.11. The van der Waals surface area contributed by atoms with Crippen molar-refractivity contribution >= 4 is 16.1 Å². The van der Waals surface area contributed by atoms with Gasteiger partial charge in [0.2, 0.25) is 4.93 Å². The average molecular weight is 237 g/mol. The summed E-state index contributed by atoms with van der Waals surface area (Å²) in [4.78, 5) is 7.81. The first-order chi connectivity index (χ1) is 6.29. The highest BCUT2D eigenvalue weighted by atomic mass is 32.2. The summed E-state index contributed by atoms with van der Waals surface area (Å²) in [6, 6.07) is 0. The van der Waals surface area contributed by atoms with Crippen molar-refractivity contribution in [3.63, 3.8) is 0 Å². The van der Waals surface area contributed by atoms with E-state index in [9.17, 15) is 18.3 Å². The minimum atomic E-state index is -4.88. The van der Waals surface area contributed by atoms with Gasteiger partial charge in [-0.05, 0) is 6.08 Å². The molecule has 15 heavy (non-hydrogen) atoms. The Morgan fingerprint density at radius 1 is 1.33 bits per heavy atom. The molecule has 6 N–H and O–H groups in total. The van der Waals surface area contributed by atoms with Crippen molar-refractivity contribution in [1.82, 2.24) is 6.15 Å². The third-order valence-corrected chi connectivity index (χ3v) is 3.09. The lowest BCUT2D eigenvalue weighted by molar-refractivity contribution is -0.143. The SMILES string of the molecule is N.O=C(O)C1C=CC=CC1(O)S(=O)(=O)O. The van der Waals surface area contributed by atoms with Crippen LogP contribution in [0.4, 0.5) is 0 Å². The van der Waals surface area contributed by atoms with Crippen molar-refractivity contribution in [3.05, 3.63) is 24.3 Å². The highest BCUT2D eigenvalue weighted by Crippen LogP contribution is 2.29. The number of hydrogen-bond donors (Lipinski definition) is 4. The van der Waals surface area contributed by atoms with Gasteiger partial charge >= 0.3 is 5.97 Å². The Balaban J connectivity index is 0.00000196. The third-order valence-electron chi connectivity index (χ3n) is 1.87. The average Bonchev–Trinajstić information content (AvgIpc) is 2.02. The largest absolute Gasteiger partial charge is 0.481 e. The van der Waals surface area contributed by atoms with Crippen LogP contribution in [0, 0.1) is 5.92 Å². The second-order valence-electron chi connectivity index (χ2n) is 2.79. The number of aliphatic hydroxyl groups is 1. The van der Waals surface area contributed by atoms with Gasteiger partial charge in [-0.3, -0.25) is 9.35 Å². The van der Waals surface area contributed by atoms with Gasteiger partial charge in [0.05, 0.1) is 0 Å². The summed E-state index contributed by atoms with van der Waals surface area (Å²) in [5.41, 5.74) is 0. The first-order valence-corrected chi connectivity index (χ1v) is 5.01. The molecule has 0 bridgehead atoms. The van der Waals surface area contributed by atoms with E-state index in [1.807, 2.05) is 0 Å². The van der Waals surface area contributed by atoms with E-state index in [0.717, 1.165) is 18.2 Å². The van der Waals surface area contributed by atoms with Crippen molar-refractivity contribution < 1.29 is 28.0 Å². The zero-order chi connectivity index (χ0) is 11.0. The van der Waals surface area contributed by atoms with E-state index >= 15 is 0 Å². The molecule has 2 unspecified atom stereocenters. The van der Waals surface area contributed by atoms with Gasteiger partial charge in [-0.2, -0.15) is 8.42 Å². The van der Waals surface area contributed by atoms with E-state index in [4.69, 9.17) is 9.66 Å². The van der Waals surface area contributed by atoms with Crippen LogP contribution in [0.1, 0.15) is 0 Å². The van der Waals surface area contributed by atoms with Crippen LogP contribution >= 0.6 is 0 Å². The summed E-state index contributed by atoms with van der Waals surface area (Å²) in [6.45, 7) is 0. The number of hydrogen-bond acceptors (Lipinski definition) is 5. The molecule has 0 saturated heterocycles. The maximum absolute atomic E-state index is 10.8. The van der Waals surface area contributed by atoms with E-state index in [1.165, 1.54) is 6.08 Å². The van der Waals surface area contributed by atoms with Crippen LogP contribution in [0.2, 0.25) is 0 Å². The molecule has 0 aliphatic heterocycles. The number of allylic oxidation sites excluding steroid dienone is 2. The number of carbonyl (C=O) groups is 1. The standard InChI is InChI=1S/C7H8O6S.H3N/c8-6(9)5-3-1-2-4-7(5,10)14(11,12)13;/h1-5,10H,(H,8,9)(H,11,12,13);1H3. The number of carboxylic acid groups (broad SMARTS) is 1. The molecule has 0 aromatic carbocycles. The second-order valence-corrected chi connectivity index (χ2v) is 4.39. The molecule has 2 atom stereocenters. The Hall–Kier alpha value is -1.22. The highest BCUT2D eigenvalue weighted by Gasteiger charge is 2.49. The maximum Gasteiger partial charge on any atom is 0.314 e. The number of rotatable bonds is 2. The first kappa shape index (κ1) is 13.8. The molecule has 7 nitrogen and oxygen atoms in total.